The molecule has 5 saturated heterocycles. The van der Waals surface area contributed by atoms with Crippen molar-refractivity contribution in [3.8, 4) is 28.5 Å². The number of aromatic hydroxyl groups is 1. The second kappa shape index (κ2) is 17.1. The van der Waals surface area contributed by atoms with Gasteiger partial charge in [0.2, 0.25) is 17.7 Å². The summed E-state index contributed by atoms with van der Waals surface area (Å²) in [5.41, 5.74) is 11.2. The maximum atomic E-state index is 13.6. The van der Waals surface area contributed by atoms with Crippen LogP contribution in [0.1, 0.15) is 62.8 Å². The highest BCUT2D eigenvalue weighted by Crippen LogP contribution is 2.45. The molecule has 4 N–H and O–H groups in total. The van der Waals surface area contributed by atoms with Gasteiger partial charge in [0.05, 0.1) is 23.6 Å². The van der Waals surface area contributed by atoms with Crippen LogP contribution in [0, 0.1) is 0 Å². The Morgan fingerprint density at radius 2 is 1.64 bits per heavy atom. The van der Waals surface area contributed by atoms with Gasteiger partial charge in [-0.15, -0.1) is 10.2 Å². The van der Waals surface area contributed by atoms with E-state index in [2.05, 4.69) is 48.4 Å². The Labute approximate surface area is 375 Å². The Morgan fingerprint density at radius 3 is 2.39 bits per heavy atom. The molecule has 334 valence electrons. The maximum absolute atomic E-state index is 13.6. The molecule has 2 bridgehead atoms. The summed E-state index contributed by atoms with van der Waals surface area (Å²) in [6.07, 6.45) is 5.88. The number of nitrogen functional groups attached to an aromatic ring is 1. The highest BCUT2D eigenvalue weighted by molar-refractivity contribution is 6.35. The molecule has 0 spiro atoms. The van der Waals surface area contributed by atoms with Crippen LogP contribution in [0.2, 0.25) is 0 Å². The number of carbonyl (C=O) groups is 4. The van der Waals surface area contributed by atoms with Crippen molar-refractivity contribution in [2.45, 2.75) is 80.6 Å². The minimum absolute atomic E-state index is 0.0224. The average molecular weight is 886 g/mol. The van der Waals surface area contributed by atoms with Gasteiger partial charge >= 0.3 is 0 Å². The van der Waals surface area contributed by atoms with E-state index in [9.17, 15) is 24.3 Å². The van der Waals surface area contributed by atoms with E-state index in [4.69, 9.17) is 15.2 Å². The van der Waals surface area contributed by atoms with Gasteiger partial charge in [0.15, 0.2) is 12.4 Å². The van der Waals surface area contributed by atoms with Crippen molar-refractivity contribution in [3.63, 3.8) is 0 Å². The largest absolute Gasteiger partial charge is 0.507 e. The number of piperazine rings is 1. The SMILES string of the molecule is Nc1nnc(-c2ccccc2O)cc1N1C[C@H]2CC[C@@H](C1)N2c1cccc(OC2CCN(C(=O)CN3CCC(c4cccc5c4OCC(=O)N5[C@]4([SiH3])CCC(=O)NC4=O)CC3)CC2)c1. The number of nitrogens with one attached hydrogen (secondary N) is 1. The molecule has 0 aliphatic carbocycles. The van der Waals surface area contributed by atoms with E-state index in [0.717, 1.165) is 87.4 Å². The zero-order valence-corrected chi connectivity index (χ0v) is 38.2. The van der Waals surface area contributed by atoms with Crippen LogP contribution in [0.5, 0.6) is 17.2 Å². The number of piperidine rings is 3. The number of benzene rings is 3. The van der Waals surface area contributed by atoms with E-state index in [-0.39, 0.29) is 48.5 Å². The standard InChI is InChI=1S/C47H55N9O7Si/c48-45-39(24-37(50-51-45)36-7-1-2-10-40(36)57)54-25-31-11-12-32(26-54)55(31)30-5-3-6-34(23-30)63-33-16-21-53(22-17-33)42(59)27-52-19-14-29(15-20-52)35-8-4-9-38-44(35)62-28-43(60)56(38)47(64)18-13-41(58)49-46(47)61/h1-10,23-24,29,31-33,57H,11-22,25-28H2,64H3,(H2,48,51)(H,49,58,61)/t31-,32+,47-/m0/s1. The number of amides is 4. The molecule has 7 heterocycles. The Balaban J connectivity index is 0.710. The molecule has 0 saturated carbocycles. The Bertz CT molecular complexity index is 2460. The first-order valence-corrected chi connectivity index (χ1v) is 23.7. The zero-order chi connectivity index (χ0) is 44.1. The Hall–Kier alpha value is -6.20. The number of ether oxygens (including phenoxy) is 2. The van der Waals surface area contributed by atoms with Gasteiger partial charge in [-0.25, -0.2) is 0 Å². The molecule has 6 aliphatic rings. The lowest BCUT2D eigenvalue weighted by molar-refractivity contribution is -0.137. The van der Waals surface area contributed by atoms with E-state index < -0.39 is 11.1 Å². The van der Waals surface area contributed by atoms with Crippen molar-refractivity contribution in [3.05, 3.63) is 78.4 Å². The minimum Gasteiger partial charge on any atom is -0.507 e. The van der Waals surface area contributed by atoms with Crippen LogP contribution in [0.15, 0.2) is 72.8 Å². The van der Waals surface area contributed by atoms with Gasteiger partial charge in [-0.05, 0) is 93.1 Å². The third kappa shape index (κ3) is 7.88. The molecule has 1 aromatic heterocycles. The fraction of sp³-hybridized carbons (Fsp3) is 0.447. The molecule has 4 aromatic rings. The molecule has 17 heteroatoms. The van der Waals surface area contributed by atoms with Crippen molar-refractivity contribution >= 4 is 56.8 Å². The van der Waals surface area contributed by atoms with Crippen LogP contribution in [0.4, 0.5) is 22.9 Å². The van der Waals surface area contributed by atoms with Crippen LogP contribution in [-0.4, -0.2) is 135 Å². The summed E-state index contributed by atoms with van der Waals surface area (Å²) in [7, 11) is 0.368. The van der Waals surface area contributed by atoms with Crippen LogP contribution < -0.4 is 35.2 Å². The third-order valence-electron chi connectivity index (χ3n) is 14.3. The van der Waals surface area contributed by atoms with Crippen molar-refractivity contribution in [1.82, 2.24) is 25.3 Å². The van der Waals surface area contributed by atoms with Gasteiger partial charge in [-0.2, -0.15) is 0 Å². The average Bonchev–Trinajstić information content (AvgIpc) is 3.57. The van der Waals surface area contributed by atoms with Gasteiger partial charge < -0.3 is 35.0 Å². The first kappa shape index (κ1) is 41.8. The van der Waals surface area contributed by atoms with Crippen molar-refractivity contribution < 1.29 is 33.8 Å². The molecule has 3 aromatic carbocycles. The normalized spacial score (nSPS) is 24.4. The van der Waals surface area contributed by atoms with E-state index in [1.165, 1.54) is 0 Å². The lowest BCUT2D eigenvalue weighted by Crippen LogP contribution is -2.66. The van der Waals surface area contributed by atoms with Gasteiger partial charge in [0.1, 0.15) is 28.5 Å². The van der Waals surface area contributed by atoms with Crippen molar-refractivity contribution in [2.24, 2.45) is 0 Å². The fourth-order valence-electron chi connectivity index (χ4n) is 10.9. The lowest BCUT2D eigenvalue weighted by Gasteiger charge is -2.45. The second-order valence-electron chi connectivity index (χ2n) is 18.3. The Kier molecular flexibility index (Phi) is 11.1. The van der Waals surface area contributed by atoms with Gasteiger partial charge in [-0.1, -0.05) is 30.3 Å². The summed E-state index contributed by atoms with van der Waals surface area (Å²) >= 11 is 0. The molecule has 0 unspecified atom stereocenters. The zero-order valence-electron chi connectivity index (χ0n) is 36.2. The minimum atomic E-state index is -1.05. The molecular formula is C47H55N9O7Si. The lowest BCUT2D eigenvalue weighted by atomic mass is 9.87. The van der Waals surface area contributed by atoms with Gasteiger partial charge in [0, 0.05) is 85.1 Å². The number of rotatable bonds is 9. The summed E-state index contributed by atoms with van der Waals surface area (Å²) in [5, 5.41) is 20.4. The van der Waals surface area contributed by atoms with Crippen LogP contribution in [-0.2, 0) is 19.2 Å². The number of likely N-dealkylation sites (tertiary alicyclic amines) is 2. The van der Waals surface area contributed by atoms with E-state index >= 15 is 0 Å². The number of aromatic nitrogens is 2. The molecule has 3 atom stereocenters. The number of imide groups is 1. The second-order valence-corrected chi connectivity index (χ2v) is 20.0. The predicted molar refractivity (Wildman–Crippen MR) is 245 cm³/mol. The molecule has 5 fully saturated rings. The number of carbonyl (C=O) groups excluding carboxylic acids is 4. The topological polar surface area (TPSA) is 187 Å². The number of fused-ring (bicyclic) bond motifs is 3. The quantitative estimate of drug-likeness (QED) is 0.165. The Morgan fingerprint density at radius 1 is 0.891 bits per heavy atom. The summed E-state index contributed by atoms with van der Waals surface area (Å²) < 4.78 is 12.6. The van der Waals surface area contributed by atoms with Gasteiger partial charge in [-0.3, -0.25) is 34.3 Å². The summed E-state index contributed by atoms with van der Waals surface area (Å²) in [6, 6.07) is 23.9. The number of hydrogen-bond donors (Lipinski definition) is 3. The molecule has 0 radical (unpaired) electrons. The number of nitrogens with zero attached hydrogens (tertiary/aromatic N) is 7. The number of phenols is 1. The van der Waals surface area contributed by atoms with Crippen LogP contribution in [0.3, 0.4) is 0 Å². The number of para-hydroxylation sites is 2. The summed E-state index contributed by atoms with van der Waals surface area (Å²) in [4.78, 5) is 62.5. The van der Waals surface area contributed by atoms with E-state index in [1.807, 2.05) is 47.4 Å². The fourth-order valence-corrected chi connectivity index (χ4v) is 11.8. The van der Waals surface area contributed by atoms with Crippen molar-refractivity contribution in [2.75, 3.05) is 72.9 Å². The molecule has 16 nitrogen and oxygen atoms in total. The highest BCUT2D eigenvalue weighted by atomic mass is 28.1. The molecule has 4 amide bonds. The van der Waals surface area contributed by atoms with E-state index in [1.54, 1.807) is 17.0 Å². The predicted octanol–water partition coefficient (Wildman–Crippen LogP) is 2.76. The molecule has 10 rings (SSSR count). The number of anilines is 4. The van der Waals surface area contributed by atoms with Crippen LogP contribution in [0.25, 0.3) is 11.3 Å². The van der Waals surface area contributed by atoms with Gasteiger partial charge in [0.25, 0.3) is 5.91 Å². The van der Waals surface area contributed by atoms with E-state index in [0.29, 0.717) is 76.9 Å². The first-order chi connectivity index (χ1) is 31.0. The maximum Gasteiger partial charge on any atom is 0.265 e. The molecular weight excluding hydrogens is 831 g/mol. The summed E-state index contributed by atoms with van der Waals surface area (Å²) in [5.74, 6) is 1.36. The number of nitrogens with two attached hydrogens (primary N) is 1. The highest BCUT2D eigenvalue weighted by Gasteiger charge is 2.49. The third-order valence-corrected chi connectivity index (χ3v) is 15.7. The number of hydrogen-bond acceptors (Lipinski definition) is 13. The monoisotopic (exact) mass is 885 g/mol. The summed E-state index contributed by atoms with van der Waals surface area (Å²) in [6.45, 7) is 4.65. The van der Waals surface area contributed by atoms with Crippen LogP contribution >= 0.6 is 0 Å². The smallest absolute Gasteiger partial charge is 0.265 e. The van der Waals surface area contributed by atoms with Crippen molar-refractivity contribution in [1.29, 1.82) is 0 Å². The molecule has 6 aliphatic heterocycles. The first-order valence-electron chi connectivity index (χ1n) is 22.7. The number of phenolic OH excluding ortho intramolecular Hbond substituents is 1. The molecule has 64 heavy (non-hydrogen) atoms.